The number of benzene rings is 1. The Kier molecular flexibility index (Phi) is 6.11. The van der Waals surface area contributed by atoms with Crippen LogP contribution in [0.4, 0.5) is 5.69 Å². The van der Waals surface area contributed by atoms with Crippen LogP contribution in [0.3, 0.4) is 0 Å². The average molecular weight is 370 g/mol. The number of nitrogens with one attached hydrogen (secondary N) is 2. The molecule has 0 spiro atoms. The molecule has 1 aromatic heterocycles. The fourth-order valence-corrected chi connectivity index (χ4v) is 3.25. The Morgan fingerprint density at radius 2 is 2.00 bits per heavy atom. The quantitative estimate of drug-likeness (QED) is 0.785. The summed E-state index contributed by atoms with van der Waals surface area (Å²) < 4.78 is 7.45. The topological polar surface area (TPSA) is 85.2 Å². The zero-order chi connectivity index (χ0) is 19.2. The van der Waals surface area contributed by atoms with Crippen molar-refractivity contribution in [3.8, 4) is 5.75 Å². The van der Waals surface area contributed by atoms with Gasteiger partial charge in [0.05, 0.1) is 18.0 Å². The first-order valence-electron chi connectivity index (χ1n) is 9.56. The number of amides is 2. The van der Waals surface area contributed by atoms with Crippen LogP contribution >= 0.6 is 0 Å². The van der Waals surface area contributed by atoms with Crippen molar-refractivity contribution in [1.29, 1.82) is 0 Å². The van der Waals surface area contributed by atoms with Crippen LogP contribution in [0, 0.1) is 0 Å². The van der Waals surface area contributed by atoms with E-state index in [1.807, 2.05) is 36.6 Å². The summed E-state index contributed by atoms with van der Waals surface area (Å²) in [4.78, 5) is 29.8. The van der Waals surface area contributed by atoms with Crippen molar-refractivity contribution in [2.45, 2.75) is 46.1 Å². The lowest BCUT2D eigenvalue weighted by Gasteiger charge is -2.17. The van der Waals surface area contributed by atoms with E-state index in [1.54, 1.807) is 6.07 Å². The van der Waals surface area contributed by atoms with Crippen LogP contribution in [0.5, 0.6) is 5.75 Å². The van der Waals surface area contributed by atoms with Crippen LogP contribution in [-0.4, -0.2) is 34.5 Å². The van der Waals surface area contributed by atoms with E-state index in [0.717, 1.165) is 31.4 Å². The van der Waals surface area contributed by atoms with Crippen molar-refractivity contribution < 1.29 is 14.3 Å². The van der Waals surface area contributed by atoms with Gasteiger partial charge in [-0.3, -0.25) is 9.59 Å². The summed E-state index contributed by atoms with van der Waals surface area (Å²) in [7, 11) is 0. The number of hydrogen-bond donors (Lipinski definition) is 2. The predicted molar refractivity (Wildman–Crippen MR) is 103 cm³/mol. The van der Waals surface area contributed by atoms with Crippen LogP contribution < -0.4 is 15.4 Å². The highest BCUT2D eigenvalue weighted by atomic mass is 16.5. The van der Waals surface area contributed by atoms with E-state index in [0.29, 0.717) is 36.8 Å². The van der Waals surface area contributed by atoms with Crippen LogP contribution in [-0.2, 0) is 13.0 Å². The third-order valence-electron chi connectivity index (χ3n) is 4.51. The van der Waals surface area contributed by atoms with Gasteiger partial charge in [-0.2, -0.15) is 0 Å². The van der Waals surface area contributed by atoms with Gasteiger partial charge in [-0.25, -0.2) is 4.98 Å². The monoisotopic (exact) mass is 370 g/mol. The molecule has 1 aliphatic heterocycles. The summed E-state index contributed by atoms with van der Waals surface area (Å²) in [6.45, 7) is 5.68. The highest BCUT2D eigenvalue weighted by Gasteiger charge is 2.27. The third kappa shape index (κ3) is 4.13. The Morgan fingerprint density at radius 1 is 1.19 bits per heavy atom. The van der Waals surface area contributed by atoms with Crippen molar-refractivity contribution in [3.05, 3.63) is 41.5 Å². The molecule has 0 fully saturated rings. The number of nitrogens with zero attached hydrogens (tertiary/aromatic N) is 2. The molecule has 0 unspecified atom stereocenters. The van der Waals surface area contributed by atoms with Gasteiger partial charge in [0.15, 0.2) is 5.82 Å². The fraction of sp³-hybridized carbons (Fsp3) is 0.450. The molecular formula is C20H26N4O3. The van der Waals surface area contributed by atoms with Gasteiger partial charge in [-0.15, -0.1) is 0 Å². The summed E-state index contributed by atoms with van der Waals surface area (Å²) in [5, 5.41) is 5.74. The fourth-order valence-electron chi connectivity index (χ4n) is 3.25. The first-order valence-corrected chi connectivity index (χ1v) is 9.56. The molecule has 3 rings (SSSR count). The minimum atomic E-state index is -0.333. The van der Waals surface area contributed by atoms with Crippen LogP contribution in [0.1, 0.15) is 59.9 Å². The molecule has 7 nitrogen and oxygen atoms in total. The van der Waals surface area contributed by atoms with E-state index in [2.05, 4.69) is 15.6 Å². The lowest BCUT2D eigenvalue weighted by Crippen LogP contribution is -2.26. The molecule has 1 aliphatic rings. The van der Waals surface area contributed by atoms with Gasteiger partial charge in [0.2, 0.25) is 0 Å². The van der Waals surface area contributed by atoms with E-state index < -0.39 is 0 Å². The highest BCUT2D eigenvalue weighted by Crippen LogP contribution is 2.26. The Hall–Kier alpha value is -2.83. The van der Waals surface area contributed by atoms with Gasteiger partial charge < -0.3 is 19.9 Å². The third-order valence-corrected chi connectivity index (χ3v) is 4.51. The van der Waals surface area contributed by atoms with Crippen molar-refractivity contribution >= 4 is 17.5 Å². The number of fused-ring (bicyclic) bond motifs is 1. The Balaban J connectivity index is 1.89. The smallest absolute Gasteiger partial charge is 0.291 e. The number of imidazole rings is 1. The number of para-hydroxylation sites is 2. The summed E-state index contributed by atoms with van der Waals surface area (Å²) in [5.41, 5.74) is 1.80. The molecule has 0 atom stereocenters. The zero-order valence-corrected chi connectivity index (χ0v) is 15.9. The molecule has 2 aromatic rings. The molecule has 2 amide bonds. The molecule has 2 heterocycles. The van der Waals surface area contributed by atoms with E-state index in [-0.39, 0.29) is 17.6 Å². The molecule has 0 saturated heterocycles. The molecule has 7 heteroatoms. The van der Waals surface area contributed by atoms with E-state index in [4.69, 9.17) is 4.74 Å². The highest BCUT2D eigenvalue weighted by molar-refractivity contribution is 6.04. The number of aromatic nitrogens is 2. The van der Waals surface area contributed by atoms with Gasteiger partial charge in [0, 0.05) is 13.1 Å². The molecule has 144 valence electrons. The van der Waals surface area contributed by atoms with Crippen molar-refractivity contribution in [2.75, 3.05) is 18.5 Å². The largest absolute Gasteiger partial charge is 0.492 e. The number of rotatable bonds is 7. The number of hydrogen-bond acceptors (Lipinski definition) is 4. The second kappa shape index (κ2) is 8.70. The molecule has 27 heavy (non-hydrogen) atoms. The molecule has 1 aromatic carbocycles. The molecule has 0 radical (unpaired) electrons. The number of ether oxygens (including phenoxy) is 1. The second-order valence-corrected chi connectivity index (χ2v) is 6.48. The SMILES string of the molecule is CCCNC(=O)c1nc(C(=O)Nc2ccccc2OCC)n2c1CCCC2. The summed E-state index contributed by atoms with van der Waals surface area (Å²) >= 11 is 0. The number of anilines is 1. The minimum absolute atomic E-state index is 0.212. The Morgan fingerprint density at radius 3 is 2.78 bits per heavy atom. The molecular weight excluding hydrogens is 344 g/mol. The maximum atomic E-state index is 12.9. The lowest BCUT2D eigenvalue weighted by molar-refractivity contribution is 0.0947. The second-order valence-electron chi connectivity index (χ2n) is 6.48. The predicted octanol–water partition coefficient (Wildman–Crippen LogP) is 3.01. The Labute approximate surface area is 159 Å². The molecule has 0 saturated carbocycles. The first-order chi connectivity index (χ1) is 13.2. The van der Waals surface area contributed by atoms with Gasteiger partial charge >= 0.3 is 0 Å². The Bertz CT molecular complexity index is 829. The van der Waals surface area contributed by atoms with Gasteiger partial charge in [0.25, 0.3) is 11.8 Å². The molecule has 2 N–H and O–H groups in total. The van der Waals surface area contributed by atoms with Crippen LogP contribution in [0.2, 0.25) is 0 Å². The first kappa shape index (κ1) is 18.9. The summed E-state index contributed by atoms with van der Waals surface area (Å²) in [5.74, 6) is 0.341. The van der Waals surface area contributed by atoms with Crippen LogP contribution in [0.15, 0.2) is 24.3 Å². The maximum Gasteiger partial charge on any atom is 0.291 e. The van der Waals surface area contributed by atoms with Crippen molar-refractivity contribution in [1.82, 2.24) is 14.9 Å². The molecule has 0 bridgehead atoms. The van der Waals surface area contributed by atoms with Gasteiger partial charge in [0.1, 0.15) is 11.4 Å². The maximum absolute atomic E-state index is 12.9. The number of carbonyl (C=O) groups is 2. The lowest BCUT2D eigenvalue weighted by atomic mass is 10.1. The zero-order valence-electron chi connectivity index (χ0n) is 15.9. The molecule has 0 aliphatic carbocycles. The normalized spacial score (nSPS) is 13.0. The number of carbonyl (C=O) groups excluding carboxylic acids is 2. The van der Waals surface area contributed by atoms with Gasteiger partial charge in [-0.05, 0) is 44.7 Å². The standard InChI is InChI=1S/C20H26N4O3/c1-3-12-21-19(25)17-15-10-7-8-13-24(15)18(23-17)20(26)22-14-9-5-6-11-16(14)27-4-2/h5-6,9,11H,3-4,7-8,10,12-13H2,1-2H3,(H,21,25)(H,22,26). The minimum Gasteiger partial charge on any atom is -0.492 e. The van der Waals surface area contributed by atoms with Gasteiger partial charge in [-0.1, -0.05) is 19.1 Å². The van der Waals surface area contributed by atoms with Crippen molar-refractivity contribution in [3.63, 3.8) is 0 Å². The van der Waals surface area contributed by atoms with Crippen LogP contribution in [0.25, 0.3) is 0 Å². The summed E-state index contributed by atoms with van der Waals surface area (Å²) in [6, 6.07) is 7.29. The summed E-state index contributed by atoms with van der Waals surface area (Å²) in [6.07, 6.45) is 3.57. The average Bonchev–Trinajstić information content (AvgIpc) is 3.08. The van der Waals surface area contributed by atoms with E-state index in [1.165, 1.54) is 0 Å². The van der Waals surface area contributed by atoms with Crippen molar-refractivity contribution in [2.24, 2.45) is 0 Å². The van der Waals surface area contributed by atoms with E-state index in [9.17, 15) is 9.59 Å². The van der Waals surface area contributed by atoms with E-state index >= 15 is 0 Å².